The second-order valence-electron chi connectivity index (χ2n) is 3.25. The number of hydrogen-bond acceptors (Lipinski definition) is 4. The molecule has 0 bridgehead atoms. The number of rotatable bonds is 5. The molecule has 1 rings (SSSR count). The van der Waals surface area contributed by atoms with Gasteiger partial charge in [-0.1, -0.05) is 34.1 Å². The van der Waals surface area contributed by atoms with E-state index in [1.165, 1.54) is 6.08 Å². The van der Waals surface area contributed by atoms with E-state index in [0.29, 0.717) is 23.0 Å². The Balaban J connectivity index is 2.97. The van der Waals surface area contributed by atoms with Gasteiger partial charge in [0.1, 0.15) is 6.10 Å². The van der Waals surface area contributed by atoms with Crippen molar-refractivity contribution in [2.24, 2.45) is 4.99 Å². The molecule has 0 saturated carbocycles. The van der Waals surface area contributed by atoms with Gasteiger partial charge in [-0.2, -0.15) is 4.99 Å². The van der Waals surface area contributed by atoms with Crippen molar-refractivity contribution in [3.05, 3.63) is 29.8 Å². The van der Waals surface area contributed by atoms with Gasteiger partial charge in [0.2, 0.25) is 6.08 Å². The van der Waals surface area contributed by atoms with Crippen molar-refractivity contribution in [3.63, 3.8) is 0 Å². The smallest absolute Gasteiger partial charge is 0.240 e. The topological polar surface area (TPSA) is 69.9 Å². The van der Waals surface area contributed by atoms with Crippen molar-refractivity contribution in [1.82, 2.24) is 0 Å². The highest BCUT2D eigenvalue weighted by Gasteiger charge is 2.20. The Morgan fingerprint density at radius 2 is 2.06 bits per heavy atom. The summed E-state index contributed by atoms with van der Waals surface area (Å²) in [5.41, 5.74) is 0.762. The molecule has 0 amide bonds. The number of aliphatic imine (C=N–C) groups is 1. The van der Waals surface area contributed by atoms with Crippen LogP contribution >= 0.6 is 15.9 Å². The van der Waals surface area contributed by atoms with E-state index in [9.17, 15) is 15.0 Å². The standard InChI is InChI=1S/C11H12BrNO3/c12-6-5-10(15)11(16)8-3-1-2-4-9(8)13-7-14/h1-4,10-11,15-16H,5-6H2. The molecule has 0 aliphatic carbocycles. The highest BCUT2D eigenvalue weighted by atomic mass is 79.9. The molecule has 0 aromatic heterocycles. The number of nitrogens with zero attached hydrogens (tertiary/aromatic N) is 1. The minimum absolute atomic E-state index is 0.332. The third kappa shape index (κ3) is 3.25. The van der Waals surface area contributed by atoms with Gasteiger partial charge in [-0.25, -0.2) is 4.79 Å². The maximum absolute atomic E-state index is 10.2. The van der Waals surface area contributed by atoms with Crippen molar-refractivity contribution in [2.75, 3.05) is 5.33 Å². The molecule has 4 nitrogen and oxygen atoms in total. The first-order valence-corrected chi connectivity index (χ1v) is 5.91. The van der Waals surface area contributed by atoms with Crippen LogP contribution in [0.5, 0.6) is 0 Å². The van der Waals surface area contributed by atoms with Gasteiger partial charge in [0.15, 0.2) is 0 Å². The SMILES string of the molecule is O=C=Nc1ccccc1C(O)C(O)CCBr. The van der Waals surface area contributed by atoms with Gasteiger partial charge in [-0.15, -0.1) is 0 Å². The summed E-state index contributed by atoms with van der Waals surface area (Å²) in [6.07, 6.45) is -0.0967. The summed E-state index contributed by atoms with van der Waals surface area (Å²) in [5, 5.41) is 20.1. The van der Waals surface area contributed by atoms with Crippen molar-refractivity contribution >= 4 is 27.7 Å². The molecule has 16 heavy (non-hydrogen) atoms. The first-order valence-electron chi connectivity index (χ1n) is 4.79. The molecule has 0 fully saturated rings. The summed E-state index contributed by atoms with van der Waals surface area (Å²) in [7, 11) is 0. The minimum Gasteiger partial charge on any atom is -0.390 e. The van der Waals surface area contributed by atoms with Crippen LogP contribution in [-0.2, 0) is 4.79 Å². The van der Waals surface area contributed by atoms with E-state index in [4.69, 9.17) is 0 Å². The lowest BCUT2D eigenvalue weighted by Gasteiger charge is -2.18. The summed E-state index contributed by atoms with van der Waals surface area (Å²) < 4.78 is 0. The molecular formula is C11H12BrNO3. The molecule has 2 unspecified atom stereocenters. The van der Waals surface area contributed by atoms with Crippen LogP contribution in [0.1, 0.15) is 18.1 Å². The Hall–Kier alpha value is -1.00. The van der Waals surface area contributed by atoms with Crippen molar-refractivity contribution in [2.45, 2.75) is 18.6 Å². The van der Waals surface area contributed by atoms with Crippen LogP contribution in [-0.4, -0.2) is 27.7 Å². The quantitative estimate of drug-likeness (QED) is 0.493. The number of benzene rings is 1. The molecule has 0 aliphatic heterocycles. The molecule has 2 N–H and O–H groups in total. The summed E-state index contributed by atoms with van der Waals surface area (Å²) in [6.45, 7) is 0. The van der Waals surface area contributed by atoms with Gasteiger partial charge in [-0.05, 0) is 12.5 Å². The fraction of sp³-hybridized carbons (Fsp3) is 0.364. The monoisotopic (exact) mass is 285 g/mol. The largest absolute Gasteiger partial charge is 0.390 e. The summed E-state index contributed by atoms with van der Waals surface area (Å²) in [4.78, 5) is 13.7. The summed E-state index contributed by atoms with van der Waals surface area (Å²) in [6, 6.07) is 6.62. The number of aliphatic hydroxyl groups excluding tert-OH is 2. The lowest BCUT2D eigenvalue weighted by atomic mass is 10.0. The summed E-state index contributed by atoms with van der Waals surface area (Å²) in [5.74, 6) is 0. The van der Waals surface area contributed by atoms with E-state index in [1.807, 2.05) is 0 Å². The average molecular weight is 286 g/mol. The van der Waals surface area contributed by atoms with Crippen LogP contribution in [0.15, 0.2) is 29.3 Å². The minimum atomic E-state index is -1.05. The Kier molecular flexibility index (Phi) is 5.35. The van der Waals surface area contributed by atoms with Crippen LogP contribution in [0.3, 0.4) is 0 Å². The number of carbonyl (C=O) groups excluding carboxylic acids is 1. The second kappa shape index (κ2) is 6.55. The molecular weight excluding hydrogens is 274 g/mol. The number of halogens is 1. The van der Waals surface area contributed by atoms with Crippen LogP contribution in [0.2, 0.25) is 0 Å². The fourth-order valence-corrected chi connectivity index (χ4v) is 1.83. The molecule has 0 heterocycles. The van der Waals surface area contributed by atoms with Crippen LogP contribution < -0.4 is 0 Å². The highest BCUT2D eigenvalue weighted by Crippen LogP contribution is 2.28. The number of isocyanates is 1. The number of alkyl halides is 1. The van der Waals surface area contributed by atoms with Crippen molar-refractivity contribution < 1.29 is 15.0 Å². The van der Waals surface area contributed by atoms with E-state index in [1.54, 1.807) is 24.3 Å². The second-order valence-corrected chi connectivity index (χ2v) is 4.04. The van der Waals surface area contributed by atoms with Crippen molar-refractivity contribution in [1.29, 1.82) is 0 Å². The lowest BCUT2D eigenvalue weighted by Crippen LogP contribution is -2.18. The van der Waals surface area contributed by atoms with Gasteiger partial charge in [-0.3, -0.25) is 0 Å². The van der Waals surface area contributed by atoms with Gasteiger partial charge in [0, 0.05) is 10.9 Å². The van der Waals surface area contributed by atoms with Crippen molar-refractivity contribution in [3.8, 4) is 0 Å². The molecule has 5 heteroatoms. The average Bonchev–Trinajstić information content (AvgIpc) is 2.29. The van der Waals surface area contributed by atoms with Gasteiger partial charge in [0.25, 0.3) is 0 Å². The molecule has 0 radical (unpaired) electrons. The van der Waals surface area contributed by atoms with Crippen LogP contribution in [0.25, 0.3) is 0 Å². The maximum Gasteiger partial charge on any atom is 0.240 e. The van der Waals surface area contributed by atoms with E-state index in [-0.39, 0.29) is 0 Å². The Labute approximate surface area is 102 Å². The zero-order valence-electron chi connectivity index (χ0n) is 8.51. The zero-order valence-corrected chi connectivity index (χ0v) is 10.1. The Bertz CT molecular complexity index is 391. The van der Waals surface area contributed by atoms with Gasteiger partial charge in [0.05, 0.1) is 11.8 Å². The summed E-state index contributed by atoms with van der Waals surface area (Å²) >= 11 is 3.18. The van der Waals surface area contributed by atoms with E-state index < -0.39 is 12.2 Å². The molecule has 2 atom stereocenters. The number of para-hydroxylation sites is 1. The van der Waals surface area contributed by atoms with E-state index in [0.717, 1.165) is 0 Å². The van der Waals surface area contributed by atoms with E-state index in [2.05, 4.69) is 20.9 Å². The normalized spacial score (nSPS) is 13.9. The van der Waals surface area contributed by atoms with Gasteiger partial charge >= 0.3 is 0 Å². The lowest BCUT2D eigenvalue weighted by molar-refractivity contribution is 0.0177. The Morgan fingerprint density at radius 1 is 1.38 bits per heavy atom. The molecule has 0 aliphatic rings. The maximum atomic E-state index is 10.2. The first-order chi connectivity index (χ1) is 7.70. The molecule has 0 saturated heterocycles. The van der Waals surface area contributed by atoms with Crippen LogP contribution in [0.4, 0.5) is 5.69 Å². The third-order valence-corrected chi connectivity index (χ3v) is 2.65. The first kappa shape index (κ1) is 13.1. The third-order valence-electron chi connectivity index (χ3n) is 2.19. The van der Waals surface area contributed by atoms with Gasteiger partial charge < -0.3 is 10.2 Å². The molecule has 1 aromatic rings. The Morgan fingerprint density at radius 3 is 2.69 bits per heavy atom. The predicted molar refractivity (Wildman–Crippen MR) is 63.6 cm³/mol. The molecule has 0 spiro atoms. The molecule has 86 valence electrons. The number of hydrogen-bond donors (Lipinski definition) is 2. The molecule has 1 aromatic carbocycles. The number of aliphatic hydroxyl groups is 2. The van der Waals surface area contributed by atoms with Crippen LogP contribution in [0, 0.1) is 0 Å². The fourth-order valence-electron chi connectivity index (χ4n) is 1.37. The highest BCUT2D eigenvalue weighted by molar-refractivity contribution is 9.09. The predicted octanol–water partition coefficient (Wildman–Crippen LogP) is 1.83. The zero-order chi connectivity index (χ0) is 12.0. The van der Waals surface area contributed by atoms with E-state index >= 15 is 0 Å².